The van der Waals surface area contributed by atoms with Gasteiger partial charge >= 0.3 is 5.97 Å². The number of carbonyl (C=O) groups is 2. The lowest BCUT2D eigenvalue weighted by molar-refractivity contribution is -0.170. The Kier molecular flexibility index (Phi) is 15.7. The summed E-state index contributed by atoms with van der Waals surface area (Å²) in [4.78, 5) is 29.2. The van der Waals surface area contributed by atoms with E-state index in [2.05, 4.69) is 19.0 Å². The number of rotatable bonds is 17. The van der Waals surface area contributed by atoms with Crippen molar-refractivity contribution in [2.75, 3.05) is 13.2 Å². The van der Waals surface area contributed by atoms with Crippen LogP contribution < -0.4 is 5.48 Å². The minimum absolute atomic E-state index is 0.00618. The van der Waals surface area contributed by atoms with E-state index in [0.717, 1.165) is 25.7 Å². The van der Waals surface area contributed by atoms with Crippen LogP contribution in [-0.4, -0.2) is 35.8 Å². The van der Waals surface area contributed by atoms with Crippen LogP contribution in [0.15, 0.2) is 12.2 Å². The standard InChI is InChI=1S/C22H41NO5/c1-5-7-8-9-10-11-12-13-16-22(15-6-2,27-18-14-17-24)21(26)23-28-20(25)19(3)4/h24H,3,5-18H2,1-2,4H3,(H,23,26). The Bertz CT molecular complexity index is 452. The van der Waals surface area contributed by atoms with Gasteiger partial charge in [-0.15, -0.1) is 0 Å². The van der Waals surface area contributed by atoms with E-state index in [-0.39, 0.29) is 18.8 Å². The summed E-state index contributed by atoms with van der Waals surface area (Å²) in [6, 6.07) is 0. The Labute approximate surface area is 171 Å². The second-order valence-corrected chi connectivity index (χ2v) is 7.50. The molecule has 0 saturated heterocycles. The summed E-state index contributed by atoms with van der Waals surface area (Å²) in [5, 5.41) is 9.04. The van der Waals surface area contributed by atoms with Crippen molar-refractivity contribution in [1.82, 2.24) is 5.48 Å². The van der Waals surface area contributed by atoms with Gasteiger partial charge in [0.15, 0.2) is 0 Å². The highest BCUT2D eigenvalue weighted by atomic mass is 16.7. The third-order valence-corrected chi connectivity index (χ3v) is 4.77. The summed E-state index contributed by atoms with van der Waals surface area (Å²) in [5.41, 5.74) is 1.43. The van der Waals surface area contributed by atoms with Crippen LogP contribution in [-0.2, 0) is 19.2 Å². The van der Waals surface area contributed by atoms with Gasteiger partial charge < -0.3 is 14.7 Å². The zero-order chi connectivity index (χ0) is 21.3. The van der Waals surface area contributed by atoms with Gasteiger partial charge in [-0.3, -0.25) is 4.79 Å². The Morgan fingerprint density at radius 1 is 0.929 bits per heavy atom. The number of unbranched alkanes of at least 4 members (excludes halogenated alkanes) is 7. The maximum Gasteiger partial charge on any atom is 0.358 e. The molecule has 0 fully saturated rings. The SMILES string of the molecule is C=C(C)C(=O)ONC(=O)C(CCC)(CCCCCCCCCC)OCCCO. The molecule has 0 heterocycles. The normalized spacial score (nSPS) is 13.0. The highest BCUT2D eigenvalue weighted by Gasteiger charge is 2.39. The number of hydroxylamine groups is 1. The third kappa shape index (κ3) is 11.4. The first-order valence-corrected chi connectivity index (χ1v) is 10.9. The second kappa shape index (κ2) is 16.5. The molecule has 0 rings (SSSR count). The van der Waals surface area contributed by atoms with Crippen LogP contribution in [0.5, 0.6) is 0 Å². The lowest BCUT2D eigenvalue weighted by Crippen LogP contribution is -2.49. The van der Waals surface area contributed by atoms with Crippen LogP contribution in [0, 0.1) is 0 Å². The molecule has 28 heavy (non-hydrogen) atoms. The van der Waals surface area contributed by atoms with Crippen LogP contribution in [0.2, 0.25) is 0 Å². The first-order valence-electron chi connectivity index (χ1n) is 10.9. The van der Waals surface area contributed by atoms with Gasteiger partial charge in [-0.1, -0.05) is 78.2 Å². The lowest BCUT2D eigenvalue weighted by Gasteiger charge is -2.32. The zero-order valence-corrected chi connectivity index (χ0v) is 18.2. The summed E-state index contributed by atoms with van der Waals surface area (Å²) in [6.45, 7) is 9.52. The molecule has 1 amide bonds. The Morgan fingerprint density at radius 3 is 2.07 bits per heavy atom. The minimum atomic E-state index is -1.04. The smallest absolute Gasteiger partial charge is 0.358 e. The van der Waals surface area contributed by atoms with E-state index in [4.69, 9.17) is 14.7 Å². The molecule has 6 heteroatoms. The molecular formula is C22H41NO5. The van der Waals surface area contributed by atoms with Crippen LogP contribution in [0.3, 0.4) is 0 Å². The summed E-state index contributed by atoms with van der Waals surface area (Å²) in [7, 11) is 0. The van der Waals surface area contributed by atoms with E-state index >= 15 is 0 Å². The molecule has 0 aliphatic carbocycles. The van der Waals surface area contributed by atoms with Crippen LogP contribution in [0.4, 0.5) is 0 Å². The van der Waals surface area contributed by atoms with Gasteiger partial charge in [-0.2, -0.15) is 5.48 Å². The third-order valence-electron chi connectivity index (χ3n) is 4.77. The van der Waals surface area contributed by atoms with E-state index in [9.17, 15) is 9.59 Å². The fourth-order valence-corrected chi connectivity index (χ4v) is 3.12. The van der Waals surface area contributed by atoms with Crippen molar-refractivity contribution in [2.24, 2.45) is 0 Å². The van der Waals surface area contributed by atoms with Gasteiger partial charge in [0, 0.05) is 12.2 Å². The number of nitrogens with one attached hydrogen (secondary N) is 1. The molecule has 0 bridgehead atoms. The first kappa shape index (κ1) is 26.6. The van der Waals surface area contributed by atoms with Gasteiger partial charge in [-0.05, 0) is 26.2 Å². The second-order valence-electron chi connectivity index (χ2n) is 7.50. The molecule has 6 nitrogen and oxygen atoms in total. The van der Waals surface area contributed by atoms with Gasteiger partial charge in [-0.25, -0.2) is 4.79 Å². The van der Waals surface area contributed by atoms with E-state index in [1.807, 2.05) is 6.92 Å². The Morgan fingerprint density at radius 2 is 1.54 bits per heavy atom. The molecule has 0 aromatic rings. The Hall–Kier alpha value is -1.40. The van der Waals surface area contributed by atoms with Crippen molar-refractivity contribution in [3.05, 3.63) is 12.2 Å². The molecule has 0 radical (unpaired) electrons. The highest BCUT2D eigenvalue weighted by Crippen LogP contribution is 2.27. The van der Waals surface area contributed by atoms with E-state index in [1.165, 1.54) is 39.0 Å². The molecule has 0 aromatic carbocycles. The fraction of sp³-hybridized carbons (Fsp3) is 0.818. The largest absolute Gasteiger partial charge is 0.396 e. The molecule has 0 aromatic heterocycles. The van der Waals surface area contributed by atoms with Gasteiger partial charge in [0.1, 0.15) is 5.60 Å². The van der Waals surface area contributed by atoms with Crippen molar-refractivity contribution < 1.29 is 24.3 Å². The molecule has 0 saturated carbocycles. The number of carbonyl (C=O) groups excluding carboxylic acids is 2. The molecule has 164 valence electrons. The van der Waals surface area contributed by atoms with Gasteiger partial charge in [0.05, 0.1) is 6.61 Å². The van der Waals surface area contributed by atoms with Crippen LogP contribution in [0.1, 0.15) is 97.8 Å². The molecular weight excluding hydrogens is 358 g/mol. The average molecular weight is 400 g/mol. The molecule has 0 aliphatic rings. The zero-order valence-electron chi connectivity index (χ0n) is 18.2. The van der Waals surface area contributed by atoms with Crippen LogP contribution >= 0.6 is 0 Å². The number of hydrogen-bond acceptors (Lipinski definition) is 5. The van der Waals surface area contributed by atoms with Crippen molar-refractivity contribution in [3.8, 4) is 0 Å². The van der Waals surface area contributed by atoms with Crippen LogP contribution in [0.25, 0.3) is 0 Å². The average Bonchev–Trinajstić information content (AvgIpc) is 2.67. The van der Waals surface area contributed by atoms with Gasteiger partial charge in [0.25, 0.3) is 5.91 Å². The van der Waals surface area contributed by atoms with E-state index < -0.39 is 17.5 Å². The monoisotopic (exact) mass is 399 g/mol. The highest BCUT2D eigenvalue weighted by molar-refractivity contribution is 5.90. The predicted octanol–water partition coefficient (Wildman–Crippen LogP) is 4.61. The maximum atomic E-state index is 12.8. The summed E-state index contributed by atoms with van der Waals surface area (Å²) >= 11 is 0. The number of amides is 1. The van der Waals surface area contributed by atoms with Gasteiger partial charge in [0.2, 0.25) is 0 Å². The first-order chi connectivity index (χ1) is 13.4. The quantitative estimate of drug-likeness (QED) is 0.212. The number of hydrogen-bond donors (Lipinski definition) is 2. The van der Waals surface area contributed by atoms with E-state index in [1.54, 1.807) is 0 Å². The topological polar surface area (TPSA) is 84.9 Å². The lowest BCUT2D eigenvalue weighted by atomic mass is 9.89. The number of aliphatic hydroxyl groups excluding tert-OH is 1. The molecule has 0 spiro atoms. The number of aliphatic hydroxyl groups is 1. The Balaban J connectivity index is 4.73. The van der Waals surface area contributed by atoms with Crippen molar-refractivity contribution in [2.45, 2.75) is 103 Å². The molecule has 2 N–H and O–H groups in total. The van der Waals surface area contributed by atoms with E-state index in [0.29, 0.717) is 19.3 Å². The summed E-state index contributed by atoms with van der Waals surface area (Å²) in [5.74, 6) is -1.11. The summed E-state index contributed by atoms with van der Waals surface area (Å²) in [6.07, 6.45) is 11.7. The molecule has 1 unspecified atom stereocenters. The van der Waals surface area contributed by atoms with Crippen molar-refractivity contribution >= 4 is 11.9 Å². The number of ether oxygens (including phenoxy) is 1. The minimum Gasteiger partial charge on any atom is -0.396 e. The van der Waals surface area contributed by atoms with Crippen molar-refractivity contribution in [1.29, 1.82) is 0 Å². The maximum absolute atomic E-state index is 12.8. The predicted molar refractivity (Wildman–Crippen MR) is 112 cm³/mol. The molecule has 0 aliphatic heterocycles. The summed E-state index contributed by atoms with van der Waals surface area (Å²) < 4.78 is 5.94. The van der Waals surface area contributed by atoms with Crippen molar-refractivity contribution in [3.63, 3.8) is 0 Å². The molecule has 1 atom stereocenters. The fourth-order valence-electron chi connectivity index (χ4n) is 3.12.